The van der Waals surface area contributed by atoms with E-state index in [1.807, 2.05) is 29.0 Å². The molecule has 1 aromatic carbocycles. The number of benzene rings is 1. The van der Waals surface area contributed by atoms with Crippen molar-refractivity contribution in [1.82, 2.24) is 4.57 Å². The largest absolute Gasteiger partial charge is 0.331 e. The monoisotopic (exact) mass is 225 g/mol. The number of nitrogens with zero attached hydrogens (tertiary/aromatic N) is 2. The van der Waals surface area contributed by atoms with Gasteiger partial charge in [-0.3, -0.25) is 0 Å². The van der Waals surface area contributed by atoms with E-state index in [0.717, 1.165) is 0 Å². The lowest BCUT2D eigenvalue weighted by atomic mass is 10.0. The van der Waals surface area contributed by atoms with Crippen molar-refractivity contribution in [3.63, 3.8) is 0 Å². The quantitative estimate of drug-likeness (QED) is 0.870. The Morgan fingerprint density at radius 1 is 1.29 bits per heavy atom. The predicted octanol–water partition coefficient (Wildman–Crippen LogP) is 2.22. The van der Waals surface area contributed by atoms with Crippen LogP contribution in [0.2, 0.25) is 0 Å². The van der Waals surface area contributed by atoms with Gasteiger partial charge in [0.05, 0.1) is 6.04 Å². The van der Waals surface area contributed by atoms with Gasteiger partial charge in [-0.15, -0.1) is 0 Å². The van der Waals surface area contributed by atoms with Crippen LogP contribution in [-0.4, -0.2) is 11.1 Å². The van der Waals surface area contributed by atoms with Crippen molar-refractivity contribution in [1.29, 1.82) is 5.26 Å². The first-order valence-electron chi connectivity index (χ1n) is 5.60. The fraction of sp³-hybridized carbons (Fsp3) is 0.214. The molecule has 0 amide bonds. The highest BCUT2D eigenvalue weighted by Gasteiger charge is 2.15. The van der Waals surface area contributed by atoms with Crippen LogP contribution < -0.4 is 5.73 Å². The second kappa shape index (κ2) is 4.86. The van der Waals surface area contributed by atoms with Crippen molar-refractivity contribution in [2.75, 3.05) is 6.54 Å². The molecule has 17 heavy (non-hydrogen) atoms. The van der Waals surface area contributed by atoms with Crippen LogP contribution in [0.15, 0.2) is 42.6 Å². The highest BCUT2D eigenvalue weighted by atomic mass is 15.0. The van der Waals surface area contributed by atoms with Gasteiger partial charge in [0.15, 0.2) is 0 Å². The Balaban J connectivity index is 2.49. The topological polar surface area (TPSA) is 54.7 Å². The summed E-state index contributed by atoms with van der Waals surface area (Å²) >= 11 is 0. The molecule has 0 saturated heterocycles. The minimum absolute atomic E-state index is 0.0286. The molecule has 0 spiro atoms. The molecular formula is C14H15N3. The minimum atomic E-state index is 0.0286. The summed E-state index contributed by atoms with van der Waals surface area (Å²) in [5, 5.41) is 9.06. The third-order valence-electron chi connectivity index (χ3n) is 3.00. The number of rotatable bonds is 3. The Labute approximate surface area is 101 Å². The highest BCUT2D eigenvalue weighted by Crippen LogP contribution is 2.22. The second-order valence-electron chi connectivity index (χ2n) is 4.02. The van der Waals surface area contributed by atoms with Gasteiger partial charge in [-0.1, -0.05) is 24.3 Å². The van der Waals surface area contributed by atoms with Crippen LogP contribution >= 0.6 is 0 Å². The summed E-state index contributed by atoms with van der Waals surface area (Å²) in [7, 11) is 0. The summed E-state index contributed by atoms with van der Waals surface area (Å²) in [4.78, 5) is 0. The molecule has 0 aliphatic rings. The standard InChI is InChI=1S/C14H15N3/c1-11-5-2-3-7-13(11)14(10-16)17-8-4-6-12(17)9-15/h2-8,14H,10,16H2,1H3. The van der Waals surface area contributed by atoms with Crippen LogP contribution in [0, 0.1) is 18.3 Å². The first-order valence-corrected chi connectivity index (χ1v) is 5.60. The normalized spacial score (nSPS) is 12.1. The lowest BCUT2D eigenvalue weighted by molar-refractivity contribution is 0.589. The summed E-state index contributed by atoms with van der Waals surface area (Å²) in [6.07, 6.45) is 1.91. The molecule has 2 rings (SSSR count). The molecule has 3 heteroatoms. The molecule has 3 nitrogen and oxygen atoms in total. The number of aromatic nitrogens is 1. The second-order valence-corrected chi connectivity index (χ2v) is 4.02. The number of nitriles is 1. The molecule has 0 fully saturated rings. The van der Waals surface area contributed by atoms with Crippen molar-refractivity contribution < 1.29 is 0 Å². The van der Waals surface area contributed by atoms with Gasteiger partial charge in [0.1, 0.15) is 11.8 Å². The lowest BCUT2D eigenvalue weighted by Gasteiger charge is -2.20. The smallest absolute Gasteiger partial charge is 0.120 e. The van der Waals surface area contributed by atoms with Crippen molar-refractivity contribution in [2.24, 2.45) is 5.73 Å². The molecule has 2 aromatic rings. The van der Waals surface area contributed by atoms with Gasteiger partial charge in [0.2, 0.25) is 0 Å². The van der Waals surface area contributed by atoms with Crippen LogP contribution in [-0.2, 0) is 0 Å². The van der Waals surface area contributed by atoms with Crippen molar-refractivity contribution in [3.8, 4) is 6.07 Å². The van der Waals surface area contributed by atoms with Crippen LogP contribution in [0.25, 0.3) is 0 Å². The van der Waals surface area contributed by atoms with Gasteiger partial charge in [0, 0.05) is 12.7 Å². The first kappa shape index (κ1) is 11.4. The maximum Gasteiger partial charge on any atom is 0.120 e. The molecular weight excluding hydrogens is 210 g/mol. The Morgan fingerprint density at radius 3 is 2.71 bits per heavy atom. The number of hydrogen-bond donors (Lipinski definition) is 1. The van der Waals surface area contributed by atoms with E-state index in [1.165, 1.54) is 11.1 Å². The zero-order valence-electron chi connectivity index (χ0n) is 9.80. The van der Waals surface area contributed by atoms with Crippen molar-refractivity contribution in [2.45, 2.75) is 13.0 Å². The Kier molecular flexibility index (Phi) is 3.27. The maximum absolute atomic E-state index is 9.06. The van der Waals surface area contributed by atoms with Crippen molar-refractivity contribution in [3.05, 3.63) is 59.4 Å². The predicted molar refractivity (Wildman–Crippen MR) is 67.5 cm³/mol. The van der Waals surface area contributed by atoms with E-state index >= 15 is 0 Å². The molecule has 1 heterocycles. The average molecular weight is 225 g/mol. The zero-order valence-corrected chi connectivity index (χ0v) is 9.80. The zero-order chi connectivity index (χ0) is 12.3. The molecule has 1 unspecified atom stereocenters. The molecule has 0 saturated carbocycles. The van der Waals surface area contributed by atoms with E-state index in [2.05, 4.69) is 25.1 Å². The molecule has 0 bridgehead atoms. The summed E-state index contributed by atoms with van der Waals surface area (Å²) < 4.78 is 1.93. The van der Waals surface area contributed by atoms with E-state index in [-0.39, 0.29) is 6.04 Å². The van der Waals surface area contributed by atoms with Crippen LogP contribution in [0.3, 0.4) is 0 Å². The van der Waals surface area contributed by atoms with E-state index in [0.29, 0.717) is 12.2 Å². The number of hydrogen-bond acceptors (Lipinski definition) is 2. The molecule has 0 radical (unpaired) electrons. The van der Waals surface area contributed by atoms with E-state index < -0.39 is 0 Å². The van der Waals surface area contributed by atoms with Crippen LogP contribution in [0.1, 0.15) is 22.9 Å². The Hall–Kier alpha value is -2.05. The Bertz CT molecular complexity index is 547. The summed E-state index contributed by atoms with van der Waals surface area (Å²) in [5.74, 6) is 0. The maximum atomic E-state index is 9.06. The van der Waals surface area contributed by atoms with E-state index in [1.54, 1.807) is 6.07 Å². The summed E-state index contributed by atoms with van der Waals surface area (Å²) in [6, 6.07) is 14.0. The molecule has 0 aliphatic carbocycles. The molecule has 86 valence electrons. The van der Waals surface area contributed by atoms with Gasteiger partial charge < -0.3 is 10.3 Å². The first-order chi connectivity index (χ1) is 8.27. The van der Waals surface area contributed by atoms with Gasteiger partial charge in [-0.25, -0.2) is 0 Å². The fourth-order valence-corrected chi connectivity index (χ4v) is 2.11. The Morgan fingerprint density at radius 2 is 2.06 bits per heavy atom. The molecule has 1 aromatic heterocycles. The molecule has 1 atom stereocenters. The van der Waals surface area contributed by atoms with E-state index in [9.17, 15) is 0 Å². The SMILES string of the molecule is Cc1ccccc1C(CN)n1cccc1C#N. The van der Waals surface area contributed by atoms with Gasteiger partial charge >= 0.3 is 0 Å². The molecule has 2 N–H and O–H groups in total. The van der Waals surface area contributed by atoms with Crippen LogP contribution in [0.4, 0.5) is 0 Å². The van der Waals surface area contributed by atoms with Gasteiger partial charge in [0.25, 0.3) is 0 Å². The number of nitrogens with two attached hydrogens (primary N) is 1. The van der Waals surface area contributed by atoms with Crippen LogP contribution in [0.5, 0.6) is 0 Å². The third kappa shape index (κ3) is 2.08. The molecule has 0 aliphatic heterocycles. The van der Waals surface area contributed by atoms with Crippen molar-refractivity contribution >= 4 is 0 Å². The summed E-state index contributed by atoms with van der Waals surface area (Å²) in [6.45, 7) is 2.54. The van der Waals surface area contributed by atoms with Gasteiger partial charge in [-0.05, 0) is 30.2 Å². The van der Waals surface area contributed by atoms with Gasteiger partial charge in [-0.2, -0.15) is 5.26 Å². The average Bonchev–Trinajstić information content (AvgIpc) is 2.81. The highest BCUT2D eigenvalue weighted by molar-refractivity contribution is 5.33. The minimum Gasteiger partial charge on any atom is -0.331 e. The summed E-state index contributed by atoms with van der Waals surface area (Å²) in [5.41, 5.74) is 8.86. The fourth-order valence-electron chi connectivity index (χ4n) is 2.11. The lowest BCUT2D eigenvalue weighted by Crippen LogP contribution is -2.21. The third-order valence-corrected chi connectivity index (χ3v) is 3.00. The van der Waals surface area contributed by atoms with E-state index in [4.69, 9.17) is 11.0 Å². The number of aryl methyl sites for hydroxylation is 1.